The fourth-order valence-corrected chi connectivity index (χ4v) is 1.01. The van der Waals surface area contributed by atoms with Gasteiger partial charge in [-0.2, -0.15) is 0 Å². The lowest BCUT2D eigenvalue weighted by atomic mass is 10.1. The van der Waals surface area contributed by atoms with Gasteiger partial charge in [0.25, 0.3) is 0 Å². The van der Waals surface area contributed by atoms with Crippen LogP contribution < -0.4 is 0 Å². The molecule has 0 aromatic rings. The summed E-state index contributed by atoms with van der Waals surface area (Å²) >= 11 is 0. The lowest BCUT2D eigenvalue weighted by Gasteiger charge is -1.97. The summed E-state index contributed by atoms with van der Waals surface area (Å²) in [7, 11) is 0. The summed E-state index contributed by atoms with van der Waals surface area (Å²) in [6.07, 6.45) is 14.4. The Morgan fingerprint density at radius 1 is 1.14 bits per heavy atom. The smallest absolute Gasteiger partial charge is 0.0345 e. The van der Waals surface area contributed by atoms with Gasteiger partial charge in [0.2, 0.25) is 0 Å². The lowest BCUT2D eigenvalue weighted by Crippen LogP contribution is -1.83. The summed E-state index contributed by atoms with van der Waals surface area (Å²) in [5, 5.41) is 0. The van der Waals surface area contributed by atoms with E-state index >= 15 is 0 Å². The van der Waals surface area contributed by atoms with Crippen LogP contribution in [0.1, 0.15) is 47.0 Å². The predicted molar refractivity (Wildman–Crippen MR) is 66.4 cm³/mol. The second-order valence-corrected chi connectivity index (χ2v) is 4.15. The van der Waals surface area contributed by atoms with Crippen LogP contribution in [-0.2, 0) is 0 Å². The van der Waals surface area contributed by atoms with E-state index in [4.69, 9.17) is 0 Å². The van der Waals surface area contributed by atoms with Gasteiger partial charge in [0.05, 0.1) is 0 Å². The third-order valence-corrected chi connectivity index (χ3v) is 2.21. The molecule has 0 aliphatic rings. The molecule has 0 nitrogen and oxygen atoms in total. The molecule has 0 heterocycles. The molecular formula is C14H24. The standard InChI is InChI=1S/C14H24/c1-5-14(4)12-10-8-6-7-9-11-13(2)3/h6-8,10,12-13H,5,9,11H2,1-4H3/b7-6+,10-8+,14-12+. The Morgan fingerprint density at radius 3 is 2.43 bits per heavy atom. The van der Waals surface area contributed by atoms with Gasteiger partial charge >= 0.3 is 0 Å². The first-order valence-corrected chi connectivity index (χ1v) is 5.65. The molecule has 0 aromatic carbocycles. The molecular weight excluding hydrogens is 168 g/mol. The van der Waals surface area contributed by atoms with Gasteiger partial charge in [-0.25, -0.2) is 0 Å². The minimum atomic E-state index is 0.811. The van der Waals surface area contributed by atoms with Crippen molar-refractivity contribution < 1.29 is 0 Å². The van der Waals surface area contributed by atoms with Crippen LogP contribution in [0.25, 0.3) is 0 Å². The summed E-state index contributed by atoms with van der Waals surface area (Å²) in [6.45, 7) is 8.86. The van der Waals surface area contributed by atoms with Crippen LogP contribution in [0.3, 0.4) is 0 Å². The average molecular weight is 192 g/mol. The van der Waals surface area contributed by atoms with Gasteiger partial charge in [0.1, 0.15) is 0 Å². The Hall–Kier alpha value is -0.780. The zero-order valence-corrected chi connectivity index (χ0v) is 10.1. The second-order valence-electron chi connectivity index (χ2n) is 4.15. The Labute approximate surface area is 89.4 Å². The van der Waals surface area contributed by atoms with Crippen molar-refractivity contribution in [3.05, 3.63) is 36.0 Å². The summed E-state index contributed by atoms with van der Waals surface area (Å²) in [6, 6.07) is 0. The van der Waals surface area contributed by atoms with Crippen LogP contribution in [0.4, 0.5) is 0 Å². The van der Waals surface area contributed by atoms with Crippen molar-refractivity contribution in [3.8, 4) is 0 Å². The second kappa shape index (κ2) is 8.80. The molecule has 0 bridgehead atoms. The molecule has 0 aromatic heterocycles. The van der Waals surface area contributed by atoms with E-state index in [0.717, 1.165) is 12.3 Å². The van der Waals surface area contributed by atoms with E-state index in [1.54, 1.807) is 0 Å². The van der Waals surface area contributed by atoms with E-state index in [0.29, 0.717) is 0 Å². The normalized spacial score (nSPS) is 13.6. The van der Waals surface area contributed by atoms with Gasteiger partial charge in [-0.05, 0) is 32.1 Å². The minimum absolute atomic E-state index is 0.811. The molecule has 80 valence electrons. The van der Waals surface area contributed by atoms with Crippen molar-refractivity contribution in [2.24, 2.45) is 5.92 Å². The summed E-state index contributed by atoms with van der Waals surface area (Å²) in [5.74, 6) is 0.811. The molecule has 0 saturated carbocycles. The summed E-state index contributed by atoms with van der Waals surface area (Å²) in [5.41, 5.74) is 1.43. The van der Waals surface area contributed by atoms with Crippen LogP contribution in [0.5, 0.6) is 0 Å². The lowest BCUT2D eigenvalue weighted by molar-refractivity contribution is 0.594. The quantitative estimate of drug-likeness (QED) is 0.525. The van der Waals surface area contributed by atoms with Crippen LogP contribution in [0.15, 0.2) is 36.0 Å². The van der Waals surface area contributed by atoms with Gasteiger partial charge in [-0.15, -0.1) is 0 Å². The van der Waals surface area contributed by atoms with E-state index in [-0.39, 0.29) is 0 Å². The maximum atomic E-state index is 2.26. The topological polar surface area (TPSA) is 0 Å². The highest BCUT2D eigenvalue weighted by Crippen LogP contribution is 2.03. The highest BCUT2D eigenvalue weighted by atomic mass is 13.9. The maximum Gasteiger partial charge on any atom is -0.0345 e. The van der Waals surface area contributed by atoms with Crippen molar-refractivity contribution in [1.29, 1.82) is 0 Å². The Kier molecular flexibility index (Phi) is 8.31. The molecule has 14 heavy (non-hydrogen) atoms. The zero-order valence-electron chi connectivity index (χ0n) is 10.1. The first-order chi connectivity index (χ1) is 6.66. The fourth-order valence-electron chi connectivity index (χ4n) is 1.01. The van der Waals surface area contributed by atoms with Crippen molar-refractivity contribution >= 4 is 0 Å². The van der Waals surface area contributed by atoms with Crippen LogP contribution in [0.2, 0.25) is 0 Å². The van der Waals surface area contributed by atoms with E-state index in [1.165, 1.54) is 18.4 Å². The molecule has 0 aliphatic heterocycles. The van der Waals surface area contributed by atoms with Crippen molar-refractivity contribution in [1.82, 2.24) is 0 Å². The third-order valence-electron chi connectivity index (χ3n) is 2.21. The van der Waals surface area contributed by atoms with Crippen LogP contribution in [0, 0.1) is 5.92 Å². The molecule has 0 spiro atoms. The van der Waals surface area contributed by atoms with Gasteiger partial charge in [0, 0.05) is 0 Å². The van der Waals surface area contributed by atoms with Gasteiger partial charge < -0.3 is 0 Å². The minimum Gasteiger partial charge on any atom is -0.0845 e. The Balaban J connectivity index is 3.61. The van der Waals surface area contributed by atoms with E-state index in [2.05, 4.69) is 58.1 Å². The Bertz CT molecular complexity index is 204. The number of hydrogen-bond acceptors (Lipinski definition) is 0. The molecule has 0 unspecified atom stereocenters. The largest absolute Gasteiger partial charge is 0.0845 e. The highest BCUT2D eigenvalue weighted by molar-refractivity contribution is 5.15. The number of rotatable bonds is 6. The third kappa shape index (κ3) is 9.31. The number of hydrogen-bond donors (Lipinski definition) is 0. The average Bonchev–Trinajstić information content (AvgIpc) is 2.15. The van der Waals surface area contributed by atoms with Crippen LogP contribution >= 0.6 is 0 Å². The molecule has 0 fully saturated rings. The van der Waals surface area contributed by atoms with Crippen molar-refractivity contribution in [2.75, 3.05) is 0 Å². The molecule has 0 rings (SSSR count). The van der Waals surface area contributed by atoms with Gasteiger partial charge in [-0.1, -0.05) is 56.7 Å². The molecule has 0 amide bonds. The molecule has 0 radical (unpaired) electrons. The molecule has 0 heteroatoms. The van der Waals surface area contributed by atoms with Crippen molar-refractivity contribution in [2.45, 2.75) is 47.0 Å². The first kappa shape index (κ1) is 13.2. The monoisotopic (exact) mass is 192 g/mol. The zero-order chi connectivity index (χ0) is 10.8. The predicted octanol–water partition coefficient (Wildman–Crippen LogP) is 4.89. The van der Waals surface area contributed by atoms with Gasteiger partial charge in [0.15, 0.2) is 0 Å². The number of allylic oxidation sites excluding steroid dienone is 6. The fraction of sp³-hybridized carbons (Fsp3) is 0.571. The maximum absolute atomic E-state index is 2.26. The van der Waals surface area contributed by atoms with E-state index < -0.39 is 0 Å². The van der Waals surface area contributed by atoms with Crippen LogP contribution in [-0.4, -0.2) is 0 Å². The SMILES string of the molecule is CC/C(C)=C/C=C/C=C/CCC(C)C. The van der Waals surface area contributed by atoms with E-state index in [1.807, 2.05) is 0 Å². The molecule has 0 aliphatic carbocycles. The molecule has 0 atom stereocenters. The molecule has 0 saturated heterocycles. The van der Waals surface area contributed by atoms with Crippen molar-refractivity contribution in [3.63, 3.8) is 0 Å². The summed E-state index contributed by atoms with van der Waals surface area (Å²) < 4.78 is 0. The summed E-state index contributed by atoms with van der Waals surface area (Å²) in [4.78, 5) is 0. The highest BCUT2D eigenvalue weighted by Gasteiger charge is 1.88. The Morgan fingerprint density at radius 2 is 1.86 bits per heavy atom. The van der Waals surface area contributed by atoms with E-state index in [9.17, 15) is 0 Å². The van der Waals surface area contributed by atoms with Gasteiger partial charge in [-0.3, -0.25) is 0 Å². The molecule has 0 N–H and O–H groups in total. The first-order valence-electron chi connectivity index (χ1n) is 5.65.